The van der Waals surface area contributed by atoms with Gasteiger partial charge in [0.2, 0.25) is 0 Å². The fourth-order valence-corrected chi connectivity index (χ4v) is 3.03. The van der Waals surface area contributed by atoms with Crippen LogP contribution in [-0.2, 0) is 0 Å². The second kappa shape index (κ2) is 7.47. The number of nitriles is 1. The van der Waals surface area contributed by atoms with Gasteiger partial charge in [-0.3, -0.25) is 0 Å². The molecule has 0 N–H and O–H groups in total. The summed E-state index contributed by atoms with van der Waals surface area (Å²) in [6, 6.07) is 30.2. The van der Waals surface area contributed by atoms with E-state index in [4.69, 9.17) is 0 Å². The molecule has 3 rings (SSSR count). The summed E-state index contributed by atoms with van der Waals surface area (Å²) >= 11 is 0. The van der Waals surface area contributed by atoms with E-state index in [1.165, 1.54) is 0 Å². The average Bonchev–Trinajstić information content (AvgIpc) is 2.59. The predicted octanol–water partition coefficient (Wildman–Crippen LogP) is -0.776. The molecular formula is C19H15BNNa. The summed E-state index contributed by atoms with van der Waals surface area (Å²) in [7, 11) is 0. The number of hydrogen-bond acceptors (Lipinski definition) is 1. The molecule has 0 aromatic heterocycles. The fraction of sp³-hybridized carbons (Fsp3) is 0. The van der Waals surface area contributed by atoms with Gasteiger partial charge in [0, 0.05) is 0 Å². The van der Waals surface area contributed by atoms with Crippen molar-refractivity contribution in [3.63, 3.8) is 0 Å². The minimum atomic E-state index is -1.59. The molecule has 0 saturated carbocycles. The van der Waals surface area contributed by atoms with Gasteiger partial charge in [0.1, 0.15) is 0 Å². The van der Waals surface area contributed by atoms with E-state index >= 15 is 0 Å². The second-order valence-electron chi connectivity index (χ2n) is 5.23. The van der Waals surface area contributed by atoms with Gasteiger partial charge in [0.15, 0.2) is 6.15 Å². The van der Waals surface area contributed by atoms with Gasteiger partial charge in [0.05, 0.1) is 0 Å². The van der Waals surface area contributed by atoms with Crippen LogP contribution < -0.4 is 45.9 Å². The van der Waals surface area contributed by atoms with Crippen LogP contribution in [0.1, 0.15) is 0 Å². The van der Waals surface area contributed by atoms with E-state index in [9.17, 15) is 5.26 Å². The number of benzene rings is 3. The van der Waals surface area contributed by atoms with Crippen molar-refractivity contribution in [2.75, 3.05) is 0 Å². The Kier molecular flexibility index (Phi) is 5.63. The zero-order valence-electron chi connectivity index (χ0n) is 12.7. The van der Waals surface area contributed by atoms with Gasteiger partial charge in [-0.15, -0.1) is 5.97 Å². The Morgan fingerprint density at radius 2 is 0.818 bits per heavy atom. The van der Waals surface area contributed by atoms with Gasteiger partial charge in [-0.1, -0.05) is 91.0 Å². The predicted molar refractivity (Wildman–Crippen MR) is 89.6 cm³/mol. The van der Waals surface area contributed by atoms with Crippen LogP contribution in [0.5, 0.6) is 0 Å². The van der Waals surface area contributed by atoms with E-state index in [1.54, 1.807) is 0 Å². The standard InChI is InChI=1S/C19H15BN.Na/c21-16-20(17-10-4-1-5-11-17,18-12-6-2-7-13-18)19-14-8-3-9-15-19;/h1-15H;/q-1;+1. The van der Waals surface area contributed by atoms with Crippen molar-refractivity contribution < 1.29 is 29.6 Å². The molecule has 0 amide bonds. The van der Waals surface area contributed by atoms with Gasteiger partial charge in [0.25, 0.3) is 0 Å². The van der Waals surface area contributed by atoms with Gasteiger partial charge >= 0.3 is 29.6 Å². The monoisotopic (exact) mass is 291 g/mol. The van der Waals surface area contributed by atoms with Crippen LogP contribution in [0, 0.1) is 11.2 Å². The van der Waals surface area contributed by atoms with E-state index < -0.39 is 6.15 Å². The van der Waals surface area contributed by atoms with E-state index in [1.807, 2.05) is 91.0 Å². The van der Waals surface area contributed by atoms with Crippen molar-refractivity contribution >= 4 is 22.5 Å². The summed E-state index contributed by atoms with van der Waals surface area (Å²) < 4.78 is 0. The van der Waals surface area contributed by atoms with Crippen LogP contribution in [0.25, 0.3) is 0 Å². The third-order valence-electron chi connectivity index (χ3n) is 4.09. The van der Waals surface area contributed by atoms with Gasteiger partial charge in [-0.2, -0.15) is 16.4 Å². The minimum absolute atomic E-state index is 0. The molecule has 0 unspecified atom stereocenters. The molecule has 0 spiro atoms. The Morgan fingerprint density at radius 3 is 1.05 bits per heavy atom. The molecule has 0 heterocycles. The molecule has 0 saturated heterocycles. The molecule has 1 nitrogen and oxygen atoms in total. The van der Waals surface area contributed by atoms with Gasteiger partial charge in [-0.25, -0.2) is 5.26 Å². The molecule has 0 bridgehead atoms. The number of nitrogens with zero attached hydrogens (tertiary/aromatic N) is 1. The van der Waals surface area contributed by atoms with Crippen molar-refractivity contribution in [3.8, 4) is 5.97 Å². The zero-order valence-corrected chi connectivity index (χ0v) is 14.7. The zero-order chi connectivity index (χ0) is 14.5. The summed E-state index contributed by atoms with van der Waals surface area (Å²) in [5.74, 6) is 2.63. The first kappa shape index (κ1) is 16.6. The quantitative estimate of drug-likeness (QED) is 0.581. The number of hydrogen-bond donors (Lipinski definition) is 0. The maximum atomic E-state index is 10.1. The maximum absolute atomic E-state index is 10.1. The Morgan fingerprint density at radius 1 is 0.545 bits per heavy atom. The van der Waals surface area contributed by atoms with Crippen molar-refractivity contribution in [1.29, 1.82) is 5.26 Å². The molecule has 0 aliphatic heterocycles. The molecule has 22 heavy (non-hydrogen) atoms. The van der Waals surface area contributed by atoms with Crippen LogP contribution in [0.15, 0.2) is 91.0 Å². The Balaban J connectivity index is 0.00000176. The summed E-state index contributed by atoms with van der Waals surface area (Å²) in [4.78, 5) is 0. The van der Waals surface area contributed by atoms with E-state index in [0.717, 1.165) is 16.4 Å². The smallest absolute Gasteiger partial charge is 0.248 e. The van der Waals surface area contributed by atoms with Crippen LogP contribution in [-0.4, -0.2) is 6.15 Å². The maximum Gasteiger partial charge on any atom is 1.00 e. The Bertz CT molecular complexity index is 655. The third kappa shape index (κ3) is 2.89. The molecular weight excluding hydrogens is 276 g/mol. The van der Waals surface area contributed by atoms with E-state index in [0.29, 0.717) is 0 Å². The van der Waals surface area contributed by atoms with E-state index in [2.05, 4.69) is 5.97 Å². The van der Waals surface area contributed by atoms with Crippen molar-refractivity contribution in [2.24, 2.45) is 0 Å². The average molecular weight is 291 g/mol. The van der Waals surface area contributed by atoms with Crippen LogP contribution >= 0.6 is 0 Å². The summed E-state index contributed by atoms with van der Waals surface area (Å²) in [6.07, 6.45) is -1.59. The molecule has 100 valence electrons. The summed E-state index contributed by atoms with van der Waals surface area (Å²) in [6.45, 7) is 0. The molecule has 0 fully saturated rings. The van der Waals surface area contributed by atoms with Crippen LogP contribution in [0.3, 0.4) is 0 Å². The SMILES string of the molecule is N#C[B-](c1ccccc1)(c1ccccc1)c1ccccc1.[Na+]. The van der Waals surface area contributed by atoms with Gasteiger partial charge in [-0.05, 0) is 0 Å². The van der Waals surface area contributed by atoms with Gasteiger partial charge < -0.3 is 0 Å². The molecule has 0 aliphatic rings. The second-order valence-corrected chi connectivity index (χ2v) is 5.23. The van der Waals surface area contributed by atoms with Crippen molar-refractivity contribution in [2.45, 2.75) is 0 Å². The minimum Gasteiger partial charge on any atom is -0.248 e. The van der Waals surface area contributed by atoms with E-state index in [-0.39, 0.29) is 29.6 Å². The molecule has 3 aromatic carbocycles. The topological polar surface area (TPSA) is 23.8 Å². The summed E-state index contributed by atoms with van der Waals surface area (Å²) in [5, 5.41) is 10.1. The molecule has 3 aromatic rings. The van der Waals surface area contributed by atoms with Crippen LogP contribution in [0.2, 0.25) is 0 Å². The van der Waals surface area contributed by atoms with Crippen molar-refractivity contribution in [1.82, 2.24) is 0 Å². The molecule has 0 atom stereocenters. The Hall–Kier alpha value is -1.79. The molecule has 0 radical (unpaired) electrons. The van der Waals surface area contributed by atoms with Crippen molar-refractivity contribution in [3.05, 3.63) is 91.0 Å². The summed E-state index contributed by atoms with van der Waals surface area (Å²) in [5.41, 5.74) is 3.16. The molecule has 3 heteroatoms. The molecule has 0 aliphatic carbocycles. The third-order valence-corrected chi connectivity index (χ3v) is 4.09. The first-order valence-corrected chi connectivity index (χ1v) is 7.11. The first-order chi connectivity index (χ1) is 10.4. The largest absolute Gasteiger partial charge is 1.00 e. The fourth-order valence-electron chi connectivity index (χ4n) is 3.03. The normalized spacial score (nSPS) is 10.3. The first-order valence-electron chi connectivity index (χ1n) is 7.11. The number of rotatable bonds is 3. The Labute approximate surface area is 153 Å². The van der Waals surface area contributed by atoms with Crippen LogP contribution in [0.4, 0.5) is 0 Å².